The number of esters is 1. The molecule has 25 heavy (non-hydrogen) atoms. The number of carbonyl (C=O) groups is 1. The van der Waals surface area contributed by atoms with Gasteiger partial charge in [-0.2, -0.15) is 0 Å². The number of halogens is 1. The van der Waals surface area contributed by atoms with Gasteiger partial charge in [-0.1, -0.05) is 40.2 Å². The maximum Gasteiger partial charge on any atom is 0.339 e. The summed E-state index contributed by atoms with van der Waals surface area (Å²) in [5.74, 6) is 0.407. The quantitative estimate of drug-likeness (QED) is 0.453. The third-order valence-electron chi connectivity index (χ3n) is 3.40. The van der Waals surface area contributed by atoms with Crippen LogP contribution in [0.1, 0.15) is 50.5 Å². The number of alkyl halides is 1. The van der Waals surface area contributed by atoms with E-state index < -0.39 is 5.60 Å². The van der Waals surface area contributed by atoms with Gasteiger partial charge >= 0.3 is 5.97 Å². The number of rotatable bonds is 5. The van der Waals surface area contributed by atoms with Crippen LogP contribution >= 0.6 is 15.9 Å². The monoisotopic (exact) mass is 404 g/mol. The van der Waals surface area contributed by atoms with E-state index in [1.165, 1.54) is 5.56 Å². The van der Waals surface area contributed by atoms with Gasteiger partial charge in [-0.3, -0.25) is 0 Å². The molecule has 0 aliphatic rings. The van der Waals surface area contributed by atoms with Crippen LogP contribution in [0.3, 0.4) is 0 Å². The van der Waals surface area contributed by atoms with E-state index in [0.29, 0.717) is 5.56 Å². The van der Waals surface area contributed by atoms with Crippen LogP contribution in [-0.4, -0.2) is 17.7 Å². The average Bonchev–Trinajstić information content (AvgIpc) is 2.52. The van der Waals surface area contributed by atoms with Gasteiger partial charge in [0.1, 0.15) is 11.4 Å². The maximum atomic E-state index is 12.6. The fourth-order valence-corrected chi connectivity index (χ4v) is 2.77. The van der Waals surface area contributed by atoms with Crippen LogP contribution in [0, 0.1) is 0 Å². The molecule has 0 saturated carbocycles. The lowest BCUT2D eigenvalue weighted by molar-refractivity contribution is 0.00704. The van der Waals surface area contributed by atoms with Crippen LogP contribution < -0.4 is 4.74 Å². The number of ether oxygens (including phenoxy) is 2. The lowest BCUT2D eigenvalue weighted by Crippen LogP contribution is -2.24. The molecule has 0 radical (unpaired) electrons. The van der Waals surface area contributed by atoms with E-state index in [4.69, 9.17) is 9.47 Å². The van der Waals surface area contributed by atoms with Crippen molar-refractivity contribution in [1.82, 2.24) is 0 Å². The zero-order chi connectivity index (χ0) is 18.6. The van der Waals surface area contributed by atoms with Crippen molar-refractivity contribution in [2.24, 2.45) is 0 Å². The molecule has 0 aromatic heterocycles. The van der Waals surface area contributed by atoms with Crippen molar-refractivity contribution in [3.63, 3.8) is 0 Å². The highest BCUT2D eigenvalue weighted by Crippen LogP contribution is 2.30. The van der Waals surface area contributed by atoms with Gasteiger partial charge in [-0.05, 0) is 69.5 Å². The SMILES string of the molecule is CC(C)Oc1ccc(C(=O)OC(C)(C)C)c(-c2ccc(CBr)cc2)c1. The summed E-state index contributed by atoms with van der Waals surface area (Å²) >= 11 is 3.45. The van der Waals surface area contributed by atoms with Crippen LogP contribution in [0.2, 0.25) is 0 Å². The Hall–Kier alpha value is -1.81. The summed E-state index contributed by atoms with van der Waals surface area (Å²) in [6.07, 6.45) is 0.0657. The Morgan fingerprint density at radius 1 is 1.08 bits per heavy atom. The predicted octanol–water partition coefficient (Wildman–Crippen LogP) is 5.99. The van der Waals surface area contributed by atoms with Crippen LogP contribution in [0.15, 0.2) is 42.5 Å². The first-order valence-electron chi connectivity index (χ1n) is 8.39. The summed E-state index contributed by atoms with van der Waals surface area (Å²) in [7, 11) is 0. The largest absolute Gasteiger partial charge is 0.491 e. The Bertz CT molecular complexity index is 728. The van der Waals surface area contributed by atoms with E-state index in [1.807, 2.05) is 71.0 Å². The highest BCUT2D eigenvalue weighted by molar-refractivity contribution is 9.08. The van der Waals surface area contributed by atoms with Crippen molar-refractivity contribution in [3.8, 4) is 16.9 Å². The van der Waals surface area contributed by atoms with Crippen molar-refractivity contribution >= 4 is 21.9 Å². The molecule has 0 bridgehead atoms. The Morgan fingerprint density at radius 2 is 1.72 bits per heavy atom. The molecule has 4 heteroatoms. The van der Waals surface area contributed by atoms with Crippen LogP contribution in [0.25, 0.3) is 11.1 Å². The highest BCUT2D eigenvalue weighted by atomic mass is 79.9. The Labute approximate surface area is 158 Å². The van der Waals surface area contributed by atoms with Crippen LogP contribution in [0.5, 0.6) is 5.75 Å². The van der Waals surface area contributed by atoms with Crippen molar-refractivity contribution in [2.75, 3.05) is 0 Å². The first kappa shape index (κ1) is 19.5. The van der Waals surface area contributed by atoms with E-state index in [0.717, 1.165) is 22.2 Å². The van der Waals surface area contributed by atoms with E-state index in [2.05, 4.69) is 15.9 Å². The summed E-state index contributed by atoms with van der Waals surface area (Å²) in [5.41, 5.74) is 2.95. The van der Waals surface area contributed by atoms with Gasteiger partial charge in [0.25, 0.3) is 0 Å². The predicted molar refractivity (Wildman–Crippen MR) is 105 cm³/mol. The molecule has 3 nitrogen and oxygen atoms in total. The minimum atomic E-state index is -0.540. The van der Waals surface area contributed by atoms with Gasteiger partial charge in [0.2, 0.25) is 0 Å². The fraction of sp³-hybridized carbons (Fsp3) is 0.381. The minimum Gasteiger partial charge on any atom is -0.491 e. The maximum absolute atomic E-state index is 12.6. The molecule has 0 aliphatic heterocycles. The summed E-state index contributed by atoms with van der Waals surface area (Å²) in [6, 6.07) is 13.6. The van der Waals surface area contributed by atoms with Crippen molar-refractivity contribution in [2.45, 2.75) is 51.7 Å². The zero-order valence-electron chi connectivity index (χ0n) is 15.4. The Kier molecular flexibility index (Phi) is 6.28. The minimum absolute atomic E-state index is 0.0657. The third-order valence-corrected chi connectivity index (χ3v) is 4.05. The second-order valence-electron chi connectivity index (χ2n) is 7.21. The molecule has 0 atom stereocenters. The zero-order valence-corrected chi connectivity index (χ0v) is 17.0. The second-order valence-corrected chi connectivity index (χ2v) is 7.77. The van der Waals surface area contributed by atoms with Gasteiger partial charge < -0.3 is 9.47 Å². The number of hydrogen-bond acceptors (Lipinski definition) is 3. The molecule has 0 amide bonds. The first-order valence-corrected chi connectivity index (χ1v) is 9.51. The van der Waals surface area contributed by atoms with Gasteiger partial charge in [0, 0.05) is 5.33 Å². The molecule has 2 aromatic rings. The molecule has 2 aromatic carbocycles. The first-order chi connectivity index (χ1) is 11.7. The van der Waals surface area contributed by atoms with Crippen LogP contribution in [0.4, 0.5) is 0 Å². The fourth-order valence-electron chi connectivity index (χ4n) is 2.39. The number of carbonyl (C=O) groups excluding carboxylic acids is 1. The normalized spacial score (nSPS) is 11.5. The lowest BCUT2D eigenvalue weighted by Gasteiger charge is -2.21. The topological polar surface area (TPSA) is 35.5 Å². The molecule has 0 N–H and O–H groups in total. The molecule has 0 saturated heterocycles. The van der Waals surface area contributed by atoms with Gasteiger partial charge in [0.05, 0.1) is 11.7 Å². The molecular formula is C21H25BrO3. The van der Waals surface area contributed by atoms with Gasteiger partial charge in [-0.25, -0.2) is 4.79 Å². The highest BCUT2D eigenvalue weighted by Gasteiger charge is 2.21. The third kappa shape index (κ3) is 5.60. The summed E-state index contributed by atoms with van der Waals surface area (Å²) in [5, 5.41) is 0.794. The number of hydrogen-bond donors (Lipinski definition) is 0. The molecule has 0 spiro atoms. The second kappa shape index (κ2) is 8.05. The standard InChI is InChI=1S/C21H25BrO3/c1-14(2)24-17-10-11-18(20(23)25-21(3,4)5)19(12-17)16-8-6-15(13-22)7-9-16/h6-12,14H,13H2,1-5H3. The Morgan fingerprint density at radius 3 is 2.24 bits per heavy atom. The van der Waals surface area contributed by atoms with E-state index in [9.17, 15) is 4.79 Å². The molecule has 0 heterocycles. The van der Waals surface area contributed by atoms with Crippen molar-refractivity contribution in [1.29, 1.82) is 0 Å². The molecule has 2 rings (SSSR count). The summed E-state index contributed by atoms with van der Waals surface area (Å²) in [4.78, 5) is 12.6. The van der Waals surface area contributed by atoms with Crippen LogP contribution in [-0.2, 0) is 10.1 Å². The van der Waals surface area contributed by atoms with Crippen molar-refractivity contribution < 1.29 is 14.3 Å². The molecule has 134 valence electrons. The Balaban J connectivity index is 2.48. The molecule has 0 unspecified atom stereocenters. The summed E-state index contributed by atoms with van der Waals surface area (Å²) in [6.45, 7) is 9.56. The van der Waals surface area contributed by atoms with E-state index in [-0.39, 0.29) is 12.1 Å². The molecule has 0 fully saturated rings. The summed E-state index contributed by atoms with van der Waals surface area (Å²) < 4.78 is 11.4. The van der Waals surface area contributed by atoms with Gasteiger partial charge in [-0.15, -0.1) is 0 Å². The van der Waals surface area contributed by atoms with E-state index in [1.54, 1.807) is 6.07 Å². The lowest BCUT2D eigenvalue weighted by atomic mass is 9.98. The molecule has 0 aliphatic carbocycles. The smallest absolute Gasteiger partial charge is 0.339 e. The van der Waals surface area contributed by atoms with Gasteiger partial charge in [0.15, 0.2) is 0 Å². The number of benzene rings is 2. The average molecular weight is 405 g/mol. The van der Waals surface area contributed by atoms with E-state index >= 15 is 0 Å². The van der Waals surface area contributed by atoms with Crippen molar-refractivity contribution in [3.05, 3.63) is 53.6 Å². The molecular weight excluding hydrogens is 380 g/mol.